The molecule has 0 aliphatic rings. The van der Waals surface area contributed by atoms with Crippen LogP contribution in [0, 0.1) is 0 Å². The van der Waals surface area contributed by atoms with E-state index in [0.717, 1.165) is 0 Å². The van der Waals surface area contributed by atoms with Gasteiger partial charge in [0.15, 0.2) is 0 Å². The van der Waals surface area contributed by atoms with Gasteiger partial charge >= 0.3 is 115 Å². The number of hydrogen-bond acceptors (Lipinski definition) is 6. The van der Waals surface area contributed by atoms with Crippen LogP contribution in [0.4, 0.5) is 0 Å². The van der Waals surface area contributed by atoms with Crippen molar-refractivity contribution in [3.05, 3.63) is 0 Å². The SMILES string of the molecule is NC(=S)N[NH][Ga]([NH]NC(N)=S)[NH]NC(N)=S. The predicted molar refractivity (Wildman–Crippen MR) is 74.9 cm³/mol. The van der Waals surface area contributed by atoms with Gasteiger partial charge in [0.05, 0.1) is 0 Å². The summed E-state index contributed by atoms with van der Waals surface area (Å²) in [6, 6.07) is 0. The molecule has 0 bridgehead atoms. The van der Waals surface area contributed by atoms with Crippen LogP contribution in [-0.4, -0.2) is 32.3 Å². The minimum atomic E-state index is -2.48. The fraction of sp³-hybridized carbons (Fsp3) is 0. The van der Waals surface area contributed by atoms with Gasteiger partial charge in [-0.2, -0.15) is 0 Å². The van der Waals surface area contributed by atoms with Gasteiger partial charge in [0.2, 0.25) is 0 Å². The molecule has 16 heavy (non-hydrogen) atoms. The van der Waals surface area contributed by atoms with Gasteiger partial charge in [-0.3, -0.25) is 0 Å². The molecule has 0 heterocycles. The van der Waals surface area contributed by atoms with Crippen LogP contribution in [0.2, 0.25) is 0 Å². The average Bonchev–Trinajstić information content (AvgIpc) is 2.15. The Morgan fingerprint density at radius 1 is 0.688 bits per heavy atom. The van der Waals surface area contributed by atoms with Gasteiger partial charge in [0, 0.05) is 0 Å². The van der Waals surface area contributed by atoms with Crippen molar-refractivity contribution in [2.75, 3.05) is 0 Å². The molecule has 0 atom stereocenters. The number of nitrogens with two attached hydrogens (primary N) is 3. The molecule has 0 fully saturated rings. The number of thiocarbonyl (C=S) groups is 3. The van der Waals surface area contributed by atoms with Crippen LogP contribution >= 0.6 is 36.7 Å². The third-order valence-corrected chi connectivity index (χ3v) is 4.05. The molecule has 9 nitrogen and oxygen atoms in total. The quantitative estimate of drug-likeness (QED) is 0.132. The molecule has 0 radical (unpaired) electrons. The summed E-state index contributed by atoms with van der Waals surface area (Å²) < 4.78 is 8.47. The van der Waals surface area contributed by atoms with Crippen molar-refractivity contribution in [3.63, 3.8) is 0 Å². The molecule has 0 saturated carbocycles. The average molecular weight is 340 g/mol. The number of hydrogen-bond donors (Lipinski definition) is 9. The summed E-state index contributed by atoms with van der Waals surface area (Å²) in [4.78, 5) is 0. The summed E-state index contributed by atoms with van der Waals surface area (Å²) in [5.41, 5.74) is 23.4. The van der Waals surface area contributed by atoms with Gasteiger partial charge in [-0.25, -0.2) is 0 Å². The first kappa shape index (κ1) is 15.6. The molecule has 90 valence electrons. The maximum atomic E-state index is 5.24. The van der Waals surface area contributed by atoms with Crippen molar-refractivity contribution >= 4 is 68.9 Å². The summed E-state index contributed by atoms with van der Waals surface area (Å²) in [7, 11) is 0. The fourth-order valence-electron chi connectivity index (χ4n) is 0.538. The molecule has 0 aromatic rings. The zero-order valence-corrected chi connectivity index (χ0v) is 12.9. The third-order valence-electron chi connectivity index (χ3n) is 1.02. The first-order valence-corrected chi connectivity index (χ1v) is 8.70. The van der Waals surface area contributed by atoms with E-state index in [4.69, 9.17) is 17.2 Å². The van der Waals surface area contributed by atoms with Crippen LogP contribution in [0.25, 0.3) is 0 Å². The van der Waals surface area contributed by atoms with E-state index >= 15 is 0 Å². The minimum absolute atomic E-state index is 0.102. The van der Waals surface area contributed by atoms with Crippen LogP contribution < -0.4 is 45.9 Å². The molecule has 13 heteroatoms. The van der Waals surface area contributed by atoms with Crippen molar-refractivity contribution in [1.29, 1.82) is 0 Å². The summed E-state index contributed by atoms with van der Waals surface area (Å²) >= 11 is 11.4. The molecule has 0 saturated heterocycles. The van der Waals surface area contributed by atoms with Gasteiger partial charge in [0.25, 0.3) is 0 Å². The Bertz CT molecular complexity index is 228. The van der Waals surface area contributed by atoms with E-state index in [1.807, 2.05) is 0 Å². The van der Waals surface area contributed by atoms with Gasteiger partial charge in [0.1, 0.15) is 0 Å². The molecule has 0 rings (SSSR count). The van der Waals surface area contributed by atoms with Gasteiger partial charge in [-0.1, -0.05) is 0 Å². The Hall–Kier alpha value is -0.414. The Morgan fingerprint density at radius 2 is 0.938 bits per heavy atom. The van der Waals surface area contributed by atoms with Gasteiger partial charge in [-0.15, -0.1) is 0 Å². The second-order valence-electron chi connectivity index (χ2n) is 2.33. The Labute approximate surface area is 114 Å². The van der Waals surface area contributed by atoms with Crippen LogP contribution in [0.1, 0.15) is 0 Å². The monoisotopic (exact) mass is 339 g/mol. The number of nitrogens with one attached hydrogen (secondary N) is 6. The molecule has 0 spiro atoms. The predicted octanol–water partition coefficient (Wildman–Crippen LogP) is -4.02. The summed E-state index contributed by atoms with van der Waals surface area (Å²) in [5, 5.41) is 0.305. The van der Waals surface area contributed by atoms with Gasteiger partial charge < -0.3 is 0 Å². The zero-order valence-electron chi connectivity index (χ0n) is 8.03. The topological polar surface area (TPSA) is 150 Å². The van der Waals surface area contributed by atoms with Crippen molar-refractivity contribution < 1.29 is 0 Å². The van der Waals surface area contributed by atoms with E-state index in [0.29, 0.717) is 0 Å². The first-order chi connectivity index (χ1) is 7.41. The normalized spacial score (nSPS) is 9.00. The van der Waals surface area contributed by atoms with Crippen LogP contribution in [-0.2, 0) is 0 Å². The molecule has 0 aliphatic carbocycles. The molecule has 0 aliphatic heterocycles. The van der Waals surface area contributed by atoms with E-state index in [1.54, 1.807) is 0 Å². The molecular weight excluding hydrogens is 328 g/mol. The Kier molecular flexibility index (Phi) is 8.48. The summed E-state index contributed by atoms with van der Waals surface area (Å²) in [5.74, 6) is 0. The Balaban J connectivity index is 3.98. The van der Waals surface area contributed by atoms with Crippen molar-refractivity contribution in [3.8, 4) is 0 Å². The van der Waals surface area contributed by atoms with E-state index in [1.165, 1.54) is 0 Å². The van der Waals surface area contributed by atoms with Crippen LogP contribution in [0.5, 0.6) is 0 Å². The number of hydrazine groups is 3. The Morgan fingerprint density at radius 3 is 1.12 bits per heavy atom. The molecule has 0 aromatic carbocycles. The summed E-state index contributed by atoms with van der Waals surface area (Å²) in [6.45, 7) is 0. The third kappa shape index (κ3) is 10.1. The van der Waals surface area contributed by atoms with E-state index in [-0.39, 0.29) is 15.3 Å². The van der Waals surface area contributed by atoms with Crippen LogP contribution in [0.15, 0.2) is 0 Å². The molecule has 12 N–H and O–H groups in total. The van der Waals surface area contributed by atoms with E-state index < -0.39 is 16.9 Å². The van der Waals surface area contributed by atoms with Gasteiger partial charge in [-0.05, 0) is 0 Å². The second kappa shape index (κ2) is 8.71. The van der Waals surface area contributed by atoms with Crippen LogP contribution in [0.3, 0.4) is 0 Å². The maximum absolute atomic E-state index is 5.24. The molecule has 0 unspecified atom stereocenters. The number of rotatable bonds is 6. The van der Waals surface area contributed by atoms with Crippen molar-refractivity contribution in [1.82, 2.24) is 28.7 Å². The van der Waals surface area contributed by atoms with E-state index in [9.17, 15) is 0 Å². The molecule has 0 amide bonds. The first-order valence-electron chi connectivity index (χ1n) is 3.84. The zero-order chi connectivity index (χ0) is 12.6. The summed E-state index contributed by atoms with van der Waals surface area (Å²) in [6.07, 6.45) is 0. The standard InChI is InChI=1S/3CH4N3S.Ga/c3*2-1(5)4-3;/h3*3H,(H3,2,4,5);/q3*-1;+3. The fourth-order valence-corrected chi connectivity index (χ4v) is 3.71. The second-order valence-corrected chi connectivity index (χ2v) is 7.29. The molecule has 0 aromatic heterocycles. The van der Waals surface area contributed by atoms with Crippen molar-refractivity contribution in [2.24, 2.45) is 17.2 Å². The van der Waals surface area contributed by atoms with Crippen molar-refractivity contribution in [2.45, 2.75) is 0 Å². The van der Waals surface area contributed by atoms with E-state index in [2.05, 4.69) is 65.3 Å². The molecular formula is C3H12GaN9S3.